The van der Waals surface area contributed by atoms with E-state index in [9.17, 15) is 0 Å². The minimum atomic E-state index is 0.262. The van der Waals surface area contributed by atoms with Crippen LogP contribution in [0.1, 0.15) is 77.6 Å². The number of nitrogens with zero attached hydrogens (tertiary/aromatic N) is 1. The maximum Gasteiger partial charge on any atom is 0.179 e. The second-order valence-corrected chi connectivity index (χ2v) is 6.34. The molecule has 1 N–H and O–H groups in total. The molecule has 0 aromatic rings. The number of unbranched alkanes of at least 4 members (excludes halogenated alkanes) is 10. The predicted octanol–water partition coefficient (Wildman–Crippen LogP) is 4.32. The molecule has 0 aromatic carbocycles. The summed E-state index contributed by atoms with van der Waals surface area (Å²) in [7, 11) is 4.19. The predicted molar refractivity (Wildman–Crippen MR) is 80.5 cm³/mol. The van der Waals surface area contributed by atoms with E-state index in [1.165, 1.54) is 70.6 Å². The molecule has 0 saturated heterocycles. The molecule has 0 spiro atoms. The van der Waals surface area contributed by atoms with Crippen LogP contribution in [-0.2, 0) is 0 Å². The zero-order chi connectivity index (χ0) is 13.7. The Labute approximate surface area is 115 Å². The van der Waals surface area contributed by atoms with E-state index in [1.54, 1.807) is 0 Å². The number of aliphatic hydroxyl groups is 1. The van der Waals surface area contributed by atoms with Crippen molar-refractivity contribution in [2.24, 2.45) is 0 Å². The first-order valence-corrected chi connectivity index (χ1v) is 8.05. The van der Waals surface area contributed by atoms with Gasteiger partial charge in [-0.25, -0.2) is 0 Å². The van der Waals surface area contributed by atoms with Crippen LogP contribution < -0.4 is 0 Å². The van der Waals surface area contributed by atoms with Crippen molar-refractivity contribution in [3.05, 3.63) is 0 Å². The second kappa shape index (κ2) is 12.0. The number of hydrogen-bond acceptors (Lipinski definition) is 1. The van der Waals surface area contributed by atoms with Gasteiger partial charge >= 0.3 is 0 Å². The van der Waals surface area contributed by atoms with Crippen molar-refractivity contribution in [3.63, 3.8) is 0 Å². The van der Waals surface area contributed by atoms with Gasteiger partial charge in [0.05, 0.1) is 20.6 Å². The molecule has 0 aliphatic carbocycles. The average molecular weight is 258 g/mol. The maximum atomic E-state index is 9.13. The lowest BCUT2D eigenvalue weighted by Gasteiger charge is -2.26. The highest BCUT2D eigenvalue weighted by atomic mass is 16.3. The van der Waals surface area contributed by atoms with E-state index in [4.69, 9.17) is 5.11 Å². The second-order valence-electron chi connectivity index (χ2n) is 6.34. The molecule has 2 nitrogen and oxygen atoms in total. The van der Waals surface area contributed by atoms with Crippen LogP contribution in [0.25, 0.3) is 0 Å². The van der Waals surface area contributed by atoms with Crippen LogP contribution in [0.4, 0.5) is 0 Å². The van der Waals surface area contributed by atoms with E-state index in [2.05, 4.69) is 21.0 Å². The first-order valence-electron chi connectivity index (χ1n) is 8.05. The number of hydrogen-bond donors (Lipinski definition) is 1. The Morgan fingerprint density at radius 2 is 1.06 bits per heavy atom. The van der Waals surface area contributed by atoms with Gasteiger partial charge < -0.3 is 9.59 Å². The lowest BCUT2D eigenvalue weighted by atomic mass is 10.1. The third-order valence-electron chi connectivity index (χ3n) is 3.75. The SMILES string of the molecule is CCCCCCCCCCCCC[N+](C)(C)CO. The number of quaternary nitrogens is 1. The summed E-state index contributed by atoms with van der Waals surface area (Å²) < 4.78 is 0.747. The van der Waals surface area contributed by atoms with E-state index in [-0.39, 0.29) is 6.73 Å². The van der Waals surface area contributed by atoms with Crippen molar-refractivity contribution in [1.82, 2.24) is 0 Å². The van der Waals surface area contributed by atoms with Crippen LogP contribution in [0.15, 0.2) is 0 Å². The quantitative estimate of drug-likeness (QED) is 0.296. The zero-order valence-electron chi connectivity index (χ0n) is 13.1. The van der Waals surface area contributed by atoms with Crippen LogP contribution in [0.2, 0.25) is 0 Å². The van der Waals surface area contributed by atoms with Crippen LogP contribution in [0.5, 0.6) is 0 Å². The molecule has 18 heavy (non-hydrogen) atoms. The topological polar surface area (TPSA) is 20.2 Å². The van der Waals surface area contributed by atoms with Crippen LogP contribution >= 0.6 is 0 Å². The molecule has 0 aromatic heterocycles. The Bertz CT molecular complexity index is 168. The molecule has 0 atom stereocenters. The lowest BCUT2D eigenvalue weighted by Crippen LogP contribution is -2.41. The van der Waals surface area contributed by atoms with E-state index in [1.807, 2.05) is 0 Å². The highest BCUT2D eigenvalue weighted by Crippen LogP contribution is 2.11. The maximum absolute atomic E-state index is 9.13. The zero-order valence-corrected chi connectivity index (χ0v) is 13.1. The summed E-state index contributed by atoms with van der Waals surface area (Å²) in [4.78, 5) is 0. The van der Waals surface area contributed by atoms with Crippen molar-refractivity contribution in [3.8, 4) is 0 Å². The minimum Gasteiger partial charge on any atom is -0.347 e. The Hall–Kier alpha value is -0.0800. The third kappa shape index (κ3) is 12.4. The van der Waals surface area contributed by atoms with Gasteiger partial charge in [0.25, 0.3) is 0 Å². The summed E-state index contributed by atoms with van der Waals surface area (Å²) in [5.41, 5.74) is 0. The Morgan fingerprint density at radius 3 is 1.44 bits per heavy atom. The summed E-state index contributed by atoms with van der Waals surface area (Å²) in [6.07, 6.45) is 15.3. The van der Waals surface area contributed by atoms with Gasteiger partial charge in [0.15, 0.2) is 6.73 Å². The normalized spacial score (nSPS) is 12.0. The number of rotatable bonds is 13. The van der Waals surface area contributed by atoms with E-state index < -0.39 is 0 Å². The molecule has 0 saturated carbocycles. The Kier molecular flexibility index (Phi) is 11.9. The van der Waals surface area contributed by atoms with Crippen molar-refractivity contribution in [1.29, 1.82) is 0 Å². The standard InChI is InChI=1S/C16H36NO/c1-4-5-6-7-8-9-10-11-12-13-14-15-17(2,3)16-18/h18H,4-16H2,1-3H3/q+1. The smallest absolute Gasteiger partial charge is 0.179 e. The summed E-state index contributed by atoms with van der Waals surface area (Å²) in [6, 6.07) is 0. The van der Waals surface area contributed by atoms with Gasteiger partial charge in [-0.2, -0.15) is 0 Å². The molecule has 0 fully saturated rings. The van der Waals surface area contributed by atoms with Gasteiger partial charge in [-0.05, 0) is 12.8 Å². The van der Waals surface area contributed by atoms with Crippen molar-refractivity contribution < 1.29 is 9.59 Å². The summed E-state index contributed by atoms with van der Waals surface area (Å²) in [5, 5.41) is 9.13. The average Bonchev–Trinajstić information content (AvgIpc) is 2.36. The molecule has 0 rings (SSSR count). The van der Waals surface area contributed by atoms with Gasteiger partial charge in [0.1, 0.15) is 0 Å². The van der Waals surface area contributed by atoms with Crippen molar-refractivity contribution >= 4 is 0 Å². The van der Waals surface area contributed by atoms with E-state index in [0.29, 0.717) is 0 Å². The lowest BCUT2D eigenvalue weighted by molar-refractivity contribution is -0.909. The molecular formula is C16H36NO+. The van der Waals surface area contributed by atoms with Crippen LogP contribution in [0.3, 0.4) is 0 Å². The molecule has 110 valence electrons. The fourth-order valence-electron chi connectivity index (χ4n) is 2.27. The van der Waals surface area contributed by atoms with E-state index in [0.717, 1.165) is 11.0 Å². The summed E-state index contributed by atoms with van der Waals surface area (Å²) >= 11 is 0. The van der Waals surface area contributed by atoms with Gasteiger partial charge in [0, 0.05) is 0 Å². The molecule has 0 aliphatic rings. The van der Waals surface area contributed by atoms with Gasteiger partial charge in [-0.15, -0.1) is 0 Å². The van der Waals surface area contributed by atoms with Gasteiger partial charge in [-0.1, -0.05) is 64.7 Å². The largest absolute Gasteiger partial charge is 0.347 e. The van der Waals surface area contributed by atoms with Gasteiger partial charge in [0.2, 0.25) is 0 Å². The van der Waals surface area contributed by atoms with Crippen molar-refractivity contribution in [2.75, 3.05) is 27.4 Å². The molecule has 0 amide bonds. The highest BCUT2D eigenvalue weighted by Gasteiger charge is 2.11. The highest BCUT2D eigenvalue weighted by molar-refractivity contribution is 4.47. The summed E-state index contributed by atoms with van der Waals surface area (Å²) in [5.74, 6) is 0. The molecule has 0 bridgehead atoms. The minimum absolute atomic E-state index is 0.262. The Morgan fingerprint density at radius 1 is 0.667 bits per heavy atom. The molecule has 0 heterocycles. The molecule has 2 heteroatoms. The summed E-state index contributed by atoms with van der Waals surface area (Å²) in [6.45, 7) is 3.64. The molecule has 0 radical (unpaired) electrons. The molecule has 0 aliphatic heterocycles. The van der Waals surface area contributed by atoms with Gasteiger partial charge in [-0.3, -0.25) is 0 Å². The fourth-order valence-corrected chi connectivity index (χ4v) is 2.27. The van der Waals surface area contributed by atoms with E-state index >= 15 is 0 Å². The number of aliphatic hydroxyl groups excluding tert-OH is 1. The molecular weight excluding hydrogens is 222 g/mol. The van der Waals surface area contributed by atoms with Crippen LogP contribution in [-0.4, -0.2) is 37.0 Å². The fraction of sp³-hybridized carbons (Fsp3) is 1.00. The van der Waals surface area contributed by atoms with Crippen molar-refractivity contribution in [2.45, 2.75) is 77.6 Å². The van der Waals surface area contributed by atoms with Crippen LogP contribution in [0, 0.1) is 0 Å². The monoisotopic (exact) mass is 258 g/mol. The first-order chi connectivity index (χ1) is 8.62. The molecule has 0 unspecified atom stereocenters. The first kappa shape index (κ1) is 17.9. The Balaban J connectivity index is 3.08. The third-order valence-corrected chi connectivity index (χ3v) is 3.75.